The Morgan fingerprint density at radius 3 is 2.58 bits per heavy atom. The number of aliphatic hydroxyl groups excluding tert-OH is 1. The second-order valence-corrected chi connectivity index (χ2v) is 9.50. The molecule has 4 rings (SSSR count). The molecule has 4 amide bonds. The lowest BCUT2D eigenvalue weighted by Gasteiger charge is -2.56. The van der Waals surface area contributed by atoms with Crippen molar-refractivity contribution in [2.75, 3.05) is 39.9 Å². The van der Waals surface area contributed by atoms with Gasteiger partial charge in [-0.05, 0) is 38.0 Å². The van der Waals surface area contributed by atoms with E-state index in [0.717, 1.165) is 34.3 Å². The van der Waals surface area contributed by atoms with Crippen molar-refractivity contribution >= 4 is 23.0 Å². The number of aryl methyl sites for hydroxylation is 1. The molecule has 3 N–H and O–H groups in total. The van der Waals surface area contributed by atoms with Crippen LogP contribution in [0.4, 0.5) is 9.59 Å². The molecule has 2 aliphatic heterocycles. The number of hydrogen-bond donors (Lipinski definition) is 3. The number of carbonyl (C=O) groups is 2. The topological polar surface area (TPSA) is 99.1 Å². The van der Waals surface area contributed by atoms with E-state index in [2.05, 4.69) is 15.2 Å². The monoisotopic (exact) mass is 457 g/mol. The summed E-state index contributed by atoms with van der Waals surface area (Å²) in [6.07, 6.45) is 0.876. The quantitative estimate of drug-likeness (QED) is 0.642. The Labute approximate surface area is 194 Å². The van der Waals surface area contributed by atoms with Gasteiger partial charge in [-0.2, -0.15) is 0 Å². The van der Waals surface area contributed by atoms with E-state index in [-0.39, 0.29) is 24.7 Å². The molecule has 0 radical (unpaired) electrons. The first-order valence-corrected chi connectivity index (χ1v) is 11.6. The molecule has 1 aromatic carbocycles. The van der Waals surface area contributed by atoms with E-state index in [4.69, 9.17) is 4.74 Å². The number of rotatable bonds is 5. The zero-order valence-electron chi connectivity index (χ0n) is 20.1. The molecule has 2 aromatic rings. The number of fused-ring (bicyclic) bond motifs is 4. The van der Waals surface area contributed by atoms with Gasteiger partial charge in [-0.1, -0.05) is 6.92 Å². The fourth-order valence-electron chi connectivity index (χ4n) is 5.33. The predicted octanol–water partition coefficient (Wildman–Crippen LogP) is 2.33. The summed E-state index contributed by atoms with van der Waals surface area (Å²) in [7, 11) is 3.60. The van der Waals surface area contributed by atoms with E-state index >= 15 is 0 Å². The molecular weight excluding hydrogens is 422 g/mol. The number of likely N-dealkylation sites (tertiary alicyclic amines) is 1. The Kier molecular flexibility index (Phi) is 6.18. The lowest BCUT2D eigenvalue weighted by molar-refractivity contribution is 0.0296. The largest absolute Gasteiger partial charge is 0.497 e. The Bertz CT molecular complexity index is 1060. The van der Waals surface area contributed by atoms with Crippen LogP contribution < -0.4 is 15.4 Å². The number of hydrogen-bond acceptors (Lipinski definition) is 4. The molecule has 2 aliphatic rings. The van der Waals surface area contributed by atoms with Crippen LogP contribution in [-0.4, -0.2) is 77.5 Å². The number of carbonyl (C=O) groups excluding carboxylic acids is 2. The summed E-state index contributed by atoms with van der Waals surface area (Å²) < 4.78 is 7.51. The van der Waals surface area contributed by atoms with Crippen molar-refractivity contribution in [3.8, 4) is 5.75 Å². The van der Waals surface area contributed by atoms with E-state index < -0.39 is 11.5 Å². The van der Waals surface area contributed by atoms with Gasteiger partial charge in [-0.25, -0.2) is 9.59 Å². The van der Waals surface area contributed by atoms with E-state index in [9.17, 15) is 14.7 Å². The summed E-state index contributed by atoms with van der Waals surface area (Å²) >= 11 is 0. The normalized spacial score (nSPS) is 18.9. The zero-order chi connectivity index (χ0) is 23.9. The van der Waals surface area contributed by atoms with Gasteiger partial charge in [-0.15, -0.1) is 0 Å². The van der Waals surface area contributed by atoms with Gasteiger partial charge >= 0.3 is 12.1 Å². The van der Waals surface area contributed by atoms with E-state index in [1.54, 1.807) is 16.9 Å². The number of benzene rings is 1. The summed E-state index contributed by atoms with van der Waals surface area (Å²) in [6.45, 7) is 7.79. The first-order chi connectivity index (χ1) is 15.8. The number of nitrogens with one attached hydrogen (secondary N) is 2. The fraction of sp³-hybridized carbons (Fsp3) is 0.583. The number of aliphatic hydroxyl groups is 1. The summed E-state index contributed by atoms with van der Waals surface area (Å²) in [5.74, 6) is 0.749. The molecule has 1 saturated heterocycles. The molecule has 0 aliphatic carbocycles. The van der Waals surface area contributed by atoms with Gasteiger partial charge in [0.25, 0.3) is 0 Å². The molecule has 0 unspecified atom stereocenters. The smallest absolute Gasteiger partial charge is 0.318 e. The van der Waals surface area contributed by atoms with Crippen LogP contribution in [0.25, 0.3) is 10.9 Å². The van der Waals surface area contributed by atoms with Crippen LogP contribution in [0.2, 0.25) is 0 Å². The predicted molar refractivity (Wildman–Crippen MR) is 127 cm³/mol. The molecular formula is C24H35N5O4. The molecule has 33 heavy (non-hydrogen) atoms. The van der Waals surface area contributed by atoms with Crippen molar-refractivity contribution in [1.82, 2.24) is 25.0 Å². The number of methoxy groups -OCH3 is 1. The molecule has 180 valence electrons. The minimum Gasteiger partial charge on any atom is -0.497 e. The van der Waals surface area contributed by atoms with Crippen LogP contribution in [0.5, 0.6) is 5.75 Å². The minimum atomic E-state index is -0.476. The van der Waals surface area contributed by atoms with E-state index in [1.807, 2.05) is 46.0 Å². The lowest BCUT2D eigenvalue weighted by Crippen LogP contribution is -2.70. The molecule has 3 heterocycles. The average Bonchev–Trinajstić information content (AvgIpc) is 3.06. The molecule has 1 atom stereocenters. The molecule has 9 nitrogen and oxygen atoms in total. The Morgan fingerprint density at radius 1 is 1.24 bits per heavy atom. The highest BCUT2D eigenvalue weighted by atomic mass is 16.5. The van der Waals surface area contributed by atoms with Crippen molar-refractivity contribution in [2.45, 2.75) is 44.7 Å². The maximum absolute atomic E-state index is 13.2. The van der Waals surface area contributed by atoms with Crippen LogP contribution in [0.3, 0.4) is 0 Å². The number of aromatic nitrogens is 1. The third kappa shape index (κ3) is 3.78. The summed E-state index contributed by atoms with van der Waals surface area (Å²) in [5.41, 5.74) is 2.62. The van der Waals surface area contributed by atoms with Gasteiger partial charge in [0.2, 0.25) is 0 Å². The first kappa shape index (κ1) is 23.2. The molecule has 1 aromatic heterocycles. The van der Waals surface area contributed by atoms with Gasteiger partial charge in [0, 0.05) is 56.4 Å². The second kappa shape index (κ2) is 8.78. The fourth-order valence-corrected chi connectivity index (χ4v) is 5.33. The maximum Gasteiger partial charge on any atom is 0.318 e. The van der Waals surface area contributed by atoms with Crippen molar-refractivity contribution in [3.05, 3.63) is 29.5 Å². The molecule has 0 bridgehead atoms. The average molecular weight is 458 g/mol. The van der Waals surface area contributed by atoms with Crippen LogP contribution in [0, 0.1) is 0 Å². The highest BCUT2D eigenvalue weighted by Gasteiger charge is 2.55. The molecule has 1 fully saturated rings. The molecule has 9 heteroatoms. The highest BCUT2D eigenvalue weighted by molar-refractivity contribution is 5.90. The van der Waals surface area contributed by atoms with Crippen molar-refractivity contribution in [2.24, 2.45) is 7.05 Å². The lowest BCUT2D eigenvalue weighted by atomic mass is 9.69. The first-order valence-electron chi connectivity index (χ1n) is 11.6. The number of urea groups is 2. The highest BCUT2D eigenvalue weighted by Crippen LogP contribution is 2.49. The van der Waals surface area contributed by atoms with Crippen LogP contribution >= 0.6 is 0 Å². The van der Waals surface area contributed by atoms with Crippen molar-refractivity contribution in [3.63, 3.8) is 0 Å². The second-order valence-electron chi connectivity index (χ2n) is 9.50. The minimum absolute atomic E-state index is 0.0244. The number of ether oxygens (including phenoxy) is 1. The molecule has 0 saturated carbocycles. The van der Waals surface area contributed by atoms with Gasteiger partial charge < -0.3 is 34.8 Å². The van der Waals surface area contributed by atoms with Crippen molar-refractivity contribution in [1.29, 1.82) is 0 Å². The van der Waals surface area contributed by atoms with Gasteiger partial charge in [0.05, 0.1) is 30.7 Å². The van der Waals surface area contributed by atoms with E-state index in [0.29, 0.717) is 26.2 Å². The summed E-state index contributed by atoms with van der Waals surface area (Å²) in [6, 6.07) is 5.19. The maximum atomic E-state index is 13.2. The third-order valence-corrected chi connectivity index (χ3v) is 6.79. The van der Waals surface area contributed by atoms with Gasteiger partial charge in [0.15, 0.2) is 0 Å². The SMILES string of the molecule is CCCNC(=O)N1CC2(C1)CN(C(=O)NC(C)C)[C@@H](CO)c1c2c2ccc(OC)cc2n1C. The van der Waals surface area contributed by atoms with Crippen molar-refractivity contribution < 1.29 is 19.4 Å². The van der Waals surface area contributed by atoms with E-state index in [1.165, 1.54) is 0 Å². The van der Waals surface area contributed by atoms with Gasteiger partial charge in [-0.3, -0.25) is 0 Å². The summed E-state index contributed by atoms with van der Waals surface area (Å²) in [5, 5.41) is 17.4. The zero-order valence-corrected chi connectivity index (χ0v) is 20.1. The third-order valence-electron chi connectivity index (χ3n) is 6.79. The number of amides is 4. The number of nitrogens with zero attached hydrogens (tertiary/aromatic N) is 3. The molecule has 1 spiro atoms. The van der Waals surface area contributed by atoms with Crippen LogP contribution in [-0.2, 0) is 12.5 Å². The Balaban J connectivity index is 1.82. The summed E-state index contributed by atoms with van der Waals surface area (Å²) in [4.78, 5) is 29.3. The van der Waals surface area contributed by atoms with Crippen LogP contribution in [0.1, 0.15) is 44.5 Å². The standard InChI is InChI=1S/C24H35N5O4/c1-6-9-25-22(31)28-12-24(13-28)14-29(23(32)26-15(2)3)19(11-30)21-20(24)17-8-7-16(33-5)10-18(17)27(21)4/h7-8,10,15,19,30H,6,9,11-14H2,1-5H3,(H,25,31)(H,26,32)/t19-/m0/s1. The van der Waals surface area contributed by atoms with Gasteiger partial charge in [0.1, 0.15) is 5.75 Å². The van der Waals surface area contributed by atoms with Crippen LogP contribution in [0.15, 0.2) is 18.2 Å². The Hall–Kier alpha value is -2.94. The Morgan fingerprint density at radius 2 is 1.97 bits per heavy atom.